The van der Waals surface area contributed by atoms with Gasteiger partial charge in [-0.2, -0.15) is 13.2 Å². The van der Waals surface area contributed by atoms with Crippen molar-refractivity contribution in [2.24, 2.45) is 23.5 Å². The Bertz CT molecular complexity index is 5530. The number of fused-ring (bicyclic) bond motifs is 15. The maximum Gasteiger partial charge on any atom is 0.416 e. The molecule has 7 aromatic carbocycles. The van der Waals surface area contributed by atoms with Crippen LogP contribution in [0.3, 0.4) is 0 Å². The number of carbonyl (C=O) groups excluding carboxylic acids is 9. The highest BCUT2D eigenvalue weighted by molar-refractivity contribution is 6.32. The molecule has 7 heterocycles. The Balaban J connectivity index is 0.998. The van der Waals surface area contributed by atoms with Crippen LogP contribution >= 0.6 is 23.2 Å². The number of unbranched alkanes of at least 4 members (excludes halogenated alkanes) is 1. The number of Topliss-reactive ketones (excluding diaryl/α,β-unsaturated/α-hetero) is 3. The van der Waals surface area contributed by atoms with E-state index in [4.69, 9.17) is 62.1 Å². The number of rotatable bonds is 30. The summed E-state index contributed by atoms with van der Waals surface area (Å²) in [6.07, 6.45) is -36.4. The van der Waals surface area contributed by atoms with Crippen molar-refractivity contribution in [3.8, 4) is 68.2 Å². The molecule has 42 heteroatoms. The van der Waals surface area contributed by atoms with Gasteiger partial charge in [-0.3, -0.25) is 43.2 Å². The van der Waals surface area contributed by atoms with Crippen LogP contribution in [0.4, 0.5) is 13.2 Å². The number of amides is 5. The van der Waals surface area contributed by atoms with Crippen molar-refractivity contribution >= 4 is 76.6 Å². The van der Waals surface area contributed by atoms with Crippen molar-refractivity contribution in [1.82, 2.24) is 31.9 Å². The lowest BCUT2D eigenvalue weighted by Crippen LogP contribution is -2.65. The van der Waals surface area contributed by atoms with Crippen LogP contribution in [-0.2, 0) is 81.4 Å². The molecule has 0 aromatic heterocycles. The number of phenols is 3. The summed E-state index contributed by atoms with van der Waals surface area (Å²) in [7, 11) is 0. The van der Waals surface area contributed by atoms with Crippen LogP contribution in [0, 0.1) is 17.8 Å². The molecule has 2 fully saturated rings. The van der Waals surface area contributed by atoms with Crippen molar-refractivity contribution in [3.63, 3.8) is 0 Å². The SMILES string of the molecule is CC[C@H](CC(C)C)C(=O)N[C@H]1C(=O)C[C@@H](CC(N)=O)C(=O)N[C@H]2C(=O)C[C@@H]3C(=O)N[C@H](C(=O)N[C@H](OC=O)c4cc(O)c(CNCCCCC(=O)[C@H](O)[C@@H](O)[C@H](O)[C@H](O)CO)c(O)c4-c4cc3ccc4O)[C@H](O)c3ccc(c(Cl)c3)Oc3cc2cc(c3OC2O[C@H](CO)C(O)C(O)[C@H]2O[C@H]2CC(C)(NCc3ccc(-c4ccc(C(F)(F)F)cc4)cc3)[C@H](O)C(C)O2)Oc2ccc(cc2Cl)[C@H]1O. The summed E-state index contributed by atoms with van der Waals surface area (Å²) in [5, 5.41) is 174. The first-order chi connectivity index (χ1) is 64.4. The van der Waals surface area contributed by atoms with Crippen LogP contribution < -0.4 is 51.8 Å². The second-order valence-corrected chi connectivity index (χ2v) is 35.8. The minimum absolute atomic E-state index is 0.0122. The fourth-order valence-electron chi connectivity index (χ4n) is 17.2. The van der Waals surface area contributed by atoms with Gasteiger partial charge in [0.05, 0.1) is 58.4 Å². The van der Waals surface area contributed by atoms with E-state index in [1.54, 1.807) is 38.1 Å². The topological polar surface area (TPSA) is 600 Å². The van der Waals surface area contributed by atoms with Gasteiger partial charge in [-0.05, 0) is 158 Å². The molecule has 0 aliphatic carbocycles. The molecule has 22 N–H and O–H groups in total. The molecule has 22 atom stereocenters. The summed E-state index contributed by atoms with van der Waals surface area (Å²) in [4.78, 5) is 132. The van der Waals surface area contributed by atoms with E-state index in [1.165, 1.54) is 31.2 Å². The number of aliphatic hydroxyl groups is 11. The molecule has 37 nitrogen and oxygen atoms in total. The number of aliphatic hydroxyl groups excluding tert-OH is 11. The molecule has 2 saturated heterocycles. The molecule has 0 saturated carbocycles. The van der Waals surface area contributed by atoms with E-state index >= 15 is 24.0 Å². The highest BCUT2D eigenvalue weighted by Gasteiger charge is 2.53. The number of carbonyl (C=O) groups is 9. The smallest absolute Gasteiger partial charge is 0.416 e. The van der Waals surface area contributed by atoms with Gasteiger partial charge in [0, 0.05) is 73.3 Å². The van der Waals surface area contributed by atoms with Gasteiger partial charge in [-0.15, -0.1) is 0 Å². The van der Waals surface area contributed by atoms with Crippen LogP contribution in [0.2, 0.25) is 10.0 Å². The Morgan fingerprint density at radius 3 is 1.93 bits per heavy atom. The minimum atomic E-state index is -4.56. The Labute approximate surface area is 786 Å². The molecule has 734 valence electrons. The lowest BCUT2D eigenvalue weighted by Gasteiger charge is -2.48. The van der Waals surface area contributed by atoms with Gasteiger partial charge in [0.15, 0.2) is 41.2 Å². The normalized spacial score (nSPS) is 26.1. The molecular formula is C94H108Cl2F3N7O30. The van der Waals surface area contributed by atoms with Crippen LogP contribution in [0.5, 0.6) is 46.0 Å². The fourth-order valence-corrected chi connectivity index (χ4v) is 17.6. The van der Waals surface area contributed by atoms with Gasteiger partial charge in [0.2, 0.25) is 47.8 Å². The second kappa shape index (κ2) is 44.6. The molecule has 7 aliphatic rings. The third-order valence-electron chi connectivity index (χ3n) is 24.9. The van der Waals surface area contributed by atoms with Gasteiger partial charge in [0.1, 0.15) is 102 Å². The lowest BCUT2D eigenvalue weighted by atomic mass is 9.84. The number of nitrogens with two attached hydrogens (primary N) is 1. The van der Waals surface area contributed by atoms with Crippen molar-refractivity contribution in [1.29, 1.82) is 0 Å². The molecule has 0 radical (unpaired) electrons. The number of ketones is 3. The van der Waals surface area contributed by atoms with E-state index in [-0.39, 0.29) is 90.6 Å². The number of nitrogens with one attached hydrogen (secondary N) is 6. The van der Waals surface area contributed by atoms with Crippen LogP contribution in [0.1, 0.15) is 167 Å². The van der Waals surface area contributed by atoms with E-state index in [0.717, 1.165) is 72.8 Å². The average molecular weight is 1940 g/mol. The van der Waals surface area contributed by atoms with Crippen molar-refractivity contribution < 1.29 is 161 Å². The summed E-state index contributed by atoms with van der Waals surface area (Å²) in [6, 6.07) is 18.1. The first kappa shape index (κ1) is 104. The zero-order chi connectivity index (χ0) is 99.0. The lowest BCUT2D eigenvalue weighted by molar-refractivity contribution is -0.334. The number of phenolic OH excluding ortho intramolecular Hbond substituents is 3. The van der Waals surface area contributed by atoms with Crippen molar-refractivity contribution in [2.75, 3.05) is 19.8 Å². The minimum Gasteiger partial charge on any atom is -0.507 e. The van der Waals surface area contributed by atoms with E-state index in [1.807, 2.05) is 13.8 Å². The fraction of sp³-hybridized carbons (Fsp3) is 0.457. The van der Waals surface area contributed by atoms with Gasteiger partial charge < -0.3 is 142 Å². The predicted molar refractivity (Wildman–Crippen MR) is 474 cm³/mol. The average Bonchev–Trinajstić information content (AvgIpc) is 0.760. The maximum atomic E-state index is 16.6. The first-order valence-electron chi connectivity index (χ1n) is 43.8. The Kier molecular flexibility index (Phi) is 34.0. The van der Waals surface area contributed by atoms with Crippen LogP contribution in [0.25, 0.3) is 22.3 Å². The largest absolute Gasteiger partial charge is 0.507 e. The first-order valence-corrected chi connectivity index (χ1v) is 44.6. The number of alkyl halides is 3. The molecule has 5 amide bonds. The van der Waals surface area contributed by atoms with Crippen LogP contribution in [0.15, 0.2) is 121 Å². The van der Waals surface area contributed by atoms with E-state index in [2.05, 4.69) is 31.9 Å². The van der Waals surface area contributed by atoms with Crippen molar-refractivity contribution in [2.45, 2.75) is 233 Å². The number of primary amides is 1. The number of halogens is 5. The number of aromatic hydroxyl groups is 3. The molecule has 5 unspecified atom stereocenters. The summed E-state index contributed by atoms with van der Waals surface area (Å²) >= 11 is 14.5. The van der Waals surface area contributed by atoms with Gasteiger partial charge in [-0.25, -0.2) is 0 Å². The third kappa shape index (κ3) is 23.8. The van der Waals surface area contributed by atoms with E-state index in [9.17, 15) is 104 Å². The Hall–Kier alpha value is -11.1. The van der Waals surface area contributed by atoms with Crippen molar-refractivity contribution in [3.05, 3.63) is 176 Å². The molecular weight excluding hydrogens is 1830 g/mol. The molecule has 7 aliphatic heterocycles. The Morgan fingerprint density at radius 1 is 0.706 bits per heavy atom. The zero-order valence-electron chi connectivity index (χ0n) is 74.0. The second-order valence-electron chi connectivity index (χ2n) is 35.0. The van der Waals surface area contributed by atoms with Gasteiger partial charge >= 0.3 is 6.18 Å². The van der Waals surface area contributed by atoms with E-state index in [0.29, 0.717) is 23.1 Å². The molecule has 7 aromatic rings. The predicted octanol–water partition coefficient (Wildman–Crippen LogP) is 5.35. The number of hydrogen-bond acceptors (Lipinski definition) is 32. The summed E-state index contributed by atoms with van der Waals surface area (Å²) in [5.74, 6) is -19.2. The van der Waals surface area contributed by atoms with Gasteiger partial charge in [-0.1, -0.05) is 98.6 Å². The standard InChI is InChI=1S/C94H108Cl2F3N7O30/c1-6-44(25-41(2)3)87(126)104-74-62(113)29-51(32-70(100)116)88(127)103-73-50-30-67(132-65-22-17-48(76(74)117)27-57(65)95)84(136-92-85(83(124)81(122)69(39-108)134-92)135-71-35-93(5,86(125)42(4)131-71)102-36-43-10-12-45(13-11-43)46-14-19-52(20-15-46)94(97,98)99)68(31-50)133-66-23-18-49(28-58(66)96)77(118)75-90(129)106-91(130-40-109)55-34-61(112)56(37-101-24-8-7-9-60(111)79(120)82(123)80(121)64(115)38-107)78(119)72(55)54-26-47(16-21-59(54)110)53(33-63(73)114)89(128)105-75/h10-23,26-28,30-31,34,40-42,44,51,53,64,69,71,73-77,79-83,85-86,91-92,101-102,107-108,110,112,115,117-125H,6-9,24-25,29,32-33,35-39H2,1-5H3,(H2,100,116)(H,103,127)(H,104,126)(H,105,128)(H,106,129)/t42?,44-,51+,53+,64-,69-,71+,73-,74+,75+,76-,77-,79+,80-,81?,82-,83?,85-,86-,91-,92?,93?/m1/s1. The molecule has 11 bridgehead atoms. The molecule has 14 rings (SSSR count). The Morgan fingerprint density at radius 2 is 1.34 bits per heavy atom. The number of hydrogen-bond donors (Lipinski definition) is 21. The zero-order valence-corrected chi connectivity index (χ0v) is 75.5. The van der Waals surface area contributed by atoms with Gasteiger partial charge in [0.25, 0.3) is 6.47 Å². The quantitative estimate of drug-likeness (QED) is 0.0199. The number of ether oxygens (including phenoxy) is 7. The summed E-state index contributed by atoms with van der Waals surface area (Å²) < 4.78 is 85.5. The van der Waals surface area contributed by atoms with E-state index < -0.39 is 299 Å². The summed E-state index contributed by atoms with van der Waals surface area (Å²) in [6.45, 7) is 5.95. The molecule has 136 heavy (non-hydrogen) atoms. The third-order valence-corrected chi connectivity index (χ3v) is 25.5. The summed E-state index contributed by atoms with van der Waals surface area (Å²) in [5.41, 5.74) is 2.39. The number of benzene rings is 7. The maximum absolute atomic E-state index is 16.6. The van der Waals surface area contributed by atoms with Crippen LogP contribution in [-0.4, -0.2) is 236 Å². The monoisotopic (exact) mass is 1940 g/mol. The molecule has 0 spiro atoms. The highest BCUT2D eigenvalue weighted by Crippen LogP contribution is 2.52. The highest BCUT2D eigenvalue weighted by atomic mass is 35.5.